The summed E-state index contributed by atoms with van der Waals surface area (Å²) in [4.78, 5) is 12.4. The maximum atomic E-state index is 12.4. The number of rotatable bonds is 4. The molecule has 23 heavy (non-hydrogen) atoms. The molecule has 0 saturated carbocycles. The van der Waals surface area contributed by atoms with Crippen LogP contribution in [0.2, 0.25) is 5.02 Å². The number of benzene rings is 2. The third-order valence-corrected chi connectivity index (χ3v) is 4.69. The molecule has 1 aromatic heterocycles. The largest absolute Gasteiger partial charge is 0.461 e. The van der Waals surface area contributed by atoms with Crippen LogP contribution in [0.5, 0.6) is 0 Å². The molecule has 0 radical (unpaired) electrons. The first kappa shape index (κ1) is 16.1. The van der Waals surface area contributed by atoms with Crippen LogP contribution >= 0.6 is 27.5 Å². The minimum absolute atomic E-state index is 0.329. The molecule has 0 aliphatic heterocycles. The molecule has 3 rings (SSSR count). The van der Waals surface area contributed by atoms with Crippen molar-refractivity contribution < 1.29 is 9.53 Å². The number of carbonyl (C=O) groups is 1. The zero-order chi connectivity index (χ0) is 16.4. The Morgan fingerprint density at radius 1 is 1.17 bits per heavy atom. The Kier molecular flexibility index (Phi) is 4.74. The summed E-state index contributed by atoms with van der Waals surface area (Å²) in [6, 6.07) is 15.5. The summed E-state index contributed by atoms with van der Waals surface area (Å²) in [5.74, 6) is -0.329. The van der Waals surface area contributed by atoms with Crippen molar-refractivity contribution in [2.45, 2.75) is 13.5 Å². The van der Waals surface area contributed by atoms with Gasteiger partial charge in [0.15, 0.2) is 0 Å². The van der Waals surface area contributed by atoms with E-state index in [4.69, 9.17) is 16.3 Å². The first-order valence-corrected chi connectivity index (χ1v) is 8.47. The van der Waals surface area contributed by atoms with E-state index in [-0.39, 0.29) is 5.97 Å². The Balaban J connectivity index is 2.14. The Morgan fingerprint density at radius 3 is 2.57 bits per heavy atom. The van der Waals surface area contributed by atoms with Crippen molar-refractivity contribution in [3.63, 3.8) is 0 Å². The Labute approximate surface area is 147 Å². The van der Waals surface area contributed by atoms with Gasteiger partial charge in [0.05, 0.1) is 16.6 Å². The lowest BCUT2D eigenvalue weighted by Crippen LogP contribution is -2.13. The lowest BCUT2D eigenvalue weighted by atomic mass is 10.2. The van der Waals surface area contributed by atoms with E-state index in [0.29, 0.717) is 23.9 Å². The normalized spacial score (nSPS) is 10.9. The van der Waals surface area contributed by atoms with E-state index < -0.39 is 0 Å². The monoisotopic (exact) mass is 391 g/mol. The van der Waals surface area contributed by atoms with Gasteiger partial charge >= 0.3 is 5.97 Å². The molecule has 2 aromatic carbocycles. The molecule has 0 N–H and O–H groups in total. The van der Waals surface area contributed by atoms with E-state index in [2.05, 4.69) is 15.9 Å². The molecule has 0 amide bonds. The molecule has 0 bridgehead atoms. The van der Waals surface area contributed by atoms with Gasteiger partial charge in [-0.1, -0.05) is 41.9 Å². The molecule has 0 unspecified atom stereocenters. The number of esters is 1. The van der Waals surface area contributed by atoms with E-state index in [9.17, 15) is 4.79 Å². The van der Waals surface area contributed by atoms with Gasteiger partial charge in [0.25, 0.3) is 0 Å². The Morgan fingerprint density at radius 2 is 1.87 bits per heavy atom. The van der Waals surface area contributed by atoms with Gasteiger partial charge in [-0.05, 0) is 46.6 Å². The van der Waals surface area contributed by atoms with Gasteiger partial charge in [-0.3, -0.25) is 0 Å². The van der Waals surface area contributed by atoms with Gasteiger partial charge in [-0.2, -0.15) is 0 Å². The molecule has 0 saturated heterocycles. The van der Waals surface area contributed by atoms with Crippen molar-refractivity contribution in [3.8, 4) is 0 Å². The second-order valence-electron chi connectivity index (χ2n) is 5.11. The summed E-state index contributed by atoms with van der Waals surface area (Å²) in [6.45, 7) is 2.71. The van der Waals surface area contributed by atoms with Crippen molar-refractivity contribution in [1.29, 1.82) is 0 Å². The molecule has 3 nitrogen and oxygen atoms in total. The Hall–Kier alpha value is -1.78. The third kappa shape index (κ3) is 3.14. The molecule has 1 heterocycles. The van der Waals surface area contributed by atoms with E-state index in [0.717, 1.165) is 20.9 Å². The van der Waals surface area contributed by atoms with Crippen LogP contribution in [0.25, 0.3) is 10.9 Å². The summed E-state index contributed by atoms with van der Waals surface area (Å²) < 4.78 is 7.96. The zero-order valence-corrected chi connectivity index (χ0v) is 14.9. The highest BCUT2D eigenvalue weighted by Gasteiger charge is 2.22. The maximum absolute atomic E-state index is 12.4. The highest BCUT2D eigenvalue weighted by Crippen LogP contribution is 2.32. The standard InChI is InChI=1S/C18H15BrClNO2/c1-2-23-18(22)17-16(19)14-5-3-4-6-15(14)21(17)11-12-7-9-13(20)10-8-12/h3-10H,2,11H2,1H3. The molecular weight excluding hydrogens is 378 g/mol. The van der Waals surface area contributed by atoms with Crippen LogP contribution in [0.3, 0.4) is 0 Å². The lowest BCUT2D eigenvalue weighted by Gasteiger charge is -2.11. The van der Waals surface area contributed by atoms with Crippen LogP contribution in [0.1, 0.15) is 23.0 Å². The average Bonchev–Trinajstić information content (AvgIpc) is 2.83. The second-order valence-corrected chi connectivity index (χ2v) is 6.34. The van der Waals surface area contributed by atoms with Crippen molar-refractivity contribution in [2.75, 3.05) is 6.61 Å². The summed E-state index contributed by atoms with van der Waals surface area (Å²) in [6.07, 6.45) is 0. The quantitative estimate of drug-likeness (QED) is 0.565. The number of aromatic nitrogens is 1. The fourth-order valence-electron chi connectivity index (χ4n) is 2.60. The second kappa shape index (κ2) is 6.77. The van der Waals surface area contributed by atoms with E-state index in [1.54, 1.807) is 6.92 Å². The van der Waals surface area contributed by atoms with Gasteiger partial charge in [0.1, 0.15) is 5.69 Å². The molecular formula is C18H15BrClNO2. The van der Waals surface area contributed by atoms with Crippen molar-refractivity contribution >= 4 is 44.4 Å². The van der Waals surface area contributed by atoms with Gasteiger partial charge in [0, 0.05) is 17.0 Å². The molecule has 0 aliphatic rings. The average molecular weight is 393 g/mol. The van der Waals surface area contributed by atoms with Crippen molar-refractivity contribution in [2.24, 2.45) is 0 Å². The Bertz CT molecular complexity index is 855. The molecule has 0 atom stereocenters. The first-order chi connectivity index (χ1) is 11.1. The number of ether oxygens (including phenoxy) is 1. The van der Waals surface area contributed by atoms with Crippen LogP contribution in [0.4, 0.5) is 0 Å². The van der Waals surface area contributed by atoms with E-state index in [1.165, 1.54) is 0 Å². The highest BCUT2D eigenvalue weighted by molar-refractivity contribution is 9.10. The zero-order valence-electron chi connectivity index (χ0n) is 12.6. The molecule has 0 aliphatic carbocycles. The maximum Gasteiger partial charge on any atom is 0.356 e. The van der Waals surface area contributed by atoms with Crippen molar-refractivity contribution in [1.82, 2.24) is 4.57 Å². The number of hydrogen-bond donors (Lipinski definition) is 0. The van der Waals surface area contributed by atoms with E-state index >= 15 is 0 Å². The fourth-order valence-corrected chi connectivity index (χ4v) is 3.43. The number of carbonyl (C=O) groups excluding carboxylic acids is 1. The number of fused-ring (bicyclic) bond motifs is 1. The summed E-state index contributed by atoms with van der Waals surface area (Å²) in [5.41, 5.74) is 2.58. The van der Waals surface area contributed by atoms with Crippen LogP contribution in [0, 0.1) is 0 Å². The minimum atomic E-state index is -0.329. The van der Waals surface area contributed by atoms with E-state index in [1.807, 2.05) is 53.1 Å². The molecule has 0 spiro atoms. The van der Waals surface area contributed by atoms with Crippen LogP contribution in [0.15, 0.2) is 53.0 Å². The van der Waals surface area contributed by atoms with Crippen LogP contribution < -0.4 is 0 Å². The predicted molar refractivity (Wildman–Crippen MR) is 96.1 cm³/mol. The number of nitrogens with zero attached hydrogens (tertiary/aromatic N) is 1. The van der Waals surface area contributed by atoms with Crippen LogP contribution in [-0.2, 0) is 11.3 Å². The molecule has 118 valence electrons. The molecule has 0 fully saturated rings. The molecule has 5 heteroatoms. The van der Waals surface area contributed by atoms with Crippen molar-refractivity contribution in [3.05, 3.63) is 69.3 Å². The number of para-hydroxylation sites is 1. The van der Waals surface area contributed by atoms with Gasteiger partial charge in [0.2, 0.25) is 0 Å². The van der Waals surface area contributed by atoms with Gasteiger partial charge in [-0.15, -0.1) is 0 Å². The summed E-state index contributed by atoms with van der Waals surface area (Å²) in [7, 11) is 0. The number of hydrogen-bond acceptors (Lipinski definition) is 2. The van der Waals surface area contributed by atoms with Gasteiger partial charge in [-0.25, -0.2) is 4.79 Å². The molecule has 3 aromatic rings. The minimum Gasteiger partial charge on any atom is -0.461 e. The summed E-state index contributed by atoms with van der Waals surface area (Å²) in [5, 5.41) is 1.68. The third-order valence-electron chi connectivity index (χ3n) is 3.63. The SMILES string of the molecule is CCOC(=O)c1c(Br)c2ccccc2n1Cc1ccc(Cl)cc1. The smallest absolute Gasteiger partial charge is 0.356 e. The first-order valence-electron chi connectivity index (χ1n) is 7.30. The van der Waals surface area contributed by atoms with Crippen LogP contribution in [-0.4, -0.2) is 17.1 Å². The fraction of sp³-hybridized carbons (Fsp3) is 0.167. The highest BCUT2D eigenvalue weighted by atomic mass is 79.9. The van der Waals surface area contributed by atoms with Gasteiger partial charge < -0.3 is 9.30 Å². The topological polar surface area (TPSA) is 31.2 Å². The predicted octanol–water partition coefficient (Wildman–Crippen LogP) is 5.28. The summed E-state index contributed by atoms with van der Waals surface area (Å²) >= 11 is 9.50. The lowest BCUT2D eigenvalue weighted by molar-refractivity contribution is 0.0514. The number of halogens is 2.